The second kappa shape index (κ2) is 7.13. The lowest BCUT2D eigenvalue weighted by Crippen LogP contribution is -2.07. The Morgan fingerprint density at radius 1 is 1.33 bits per heavy atom. The molecule has 2 rings (SSSR count). The second-order valence-corrected chi connectivity index (χ2v) is 5.27. The van der Waals surface area contributed by atoms with Crippen molar-refractivity contribution in [1.82, 2.24) is 14.8 Å². The first-order chi connectivity index (χ1) is 10.1. The van der Waals surface area contributed by atoms with Crippen LogP contribution in [0.3, 0.4) is 0 Å². The zero-order valence-corrected chi connectivity index (χ0v) is 12.7. The van der Waals surface area contributed by atoms with E-state index in [0.29, 0.717) is 19.6 Å². The highest BCUT2D eigenvalue weighted by atomic mass is 16.5. The summed E-state index contributed by atoms with van der Waals surface area (Å²) >= 11 is 0. The van der Waals surface area contributed by atoms with Crippen molar-refractivity contribution in [3.63, 3.8) is 0 Å². The van der Waals surface area contributed by atoms with E-state index in [0.717, 1.165) is 17.0 Å². The molecule has 5 nitrogen and oxygen atoms in total. The number of ketones is 1. The molecule has 112 valence electrons. The molecule has 2 heterocycles. The fraction of sp³-hybridized carbons (Fsp3) is 0.438. The average Bonchev–Trinajstić information content (AvgIpc) is 2.93. The number of nitrogens with zero attached hydrogens (tertiary/aromatic N) is 3. The fourth-order valence-electron chi connectivity index (χ4n) is 2.10. The minimum absolute atomic E-state index is 0.138. The third-order valence-corrected chi connectivity index (χ3v) is 3.15. The fourth-order valence-corrected chi connectivity index (χ4v) is 2.10. The van der Waals surface area contributed by atoms with Crippen LogP contribution in [0.25, 0.3) is 11.4 Å². The Hall–Kier alpha value is -2.01. The van der Waals surface area contributed by atoms with Gasteiger partial charge in [0.1, 0.15) is 5.78 Å². The van der Waals surface area contributed by atoms with Crippen LogP contribution < -0.4 is 0 Å². The van der Waals surface area contributed by atoms with E-state index in [9.17, 15) is 4.79 Å². The summed E-state index contributed by atoms with van der Waals surface area (Å²) in [5, 5.41) is 4.34. The van der Waals surface area contributed by atoms with Crippen LogP contribution in [0.15, 0.2) is 30.6 Å². The number of carbonyl (C=O) groups excluding carboxylic acids is 1. The molecule has 0 unspecified atom stereocenters. The van der Waals surface area contributed by atoms with Gasteiger partial charge in [0, 0.05) is 30.4 Å². The second-order valence-electron chi connectivity index (χ2n) is 5.27. The van der Waals surface area contributed by atoms with Crippen molar-refractivity contribution in [2.24, 2.45) is 0 Å². The molecule has 0 aromatic carbocycles. The molecule has 0 amide bonds. The first-order valence-electron chi connectivity index (χ1n) is 7.14. The molecular weight excluding hydrogens is 266 g/mol. The summed E-state index contributed by atoms with van der Waals surface area (Å²) in [5.41, 5.74) is 2.87. The summed E-state index contributed by atoms with van der Waals surface area (Å²) in [5.74, 6) is 0.138. The Balaban J connectivity index is 2.17. The first kappa shape index (κ1) is 15.4. The molecule has 5 heteroatoms. The number of pyridine rings is 1. The lowest BCUT2D eigenvalue weighted by molar-refractivity contribution is -0.118. The Labute approximate surface area is 125 Å². The molecule has 0 fully saturated rings. The van der Waals surface area contributed by atoms with Crippen LogP contribution in [-0.2, 0) is 16.1 Å². The quantitative estimate of drug-likeness (QED) is 0.734. The van der Waals surface area contributed by atoms with Gasteiger partial charge in [-0.1, -0.05) is 6.07 Å². The van der Waals surface area contributed by atoms with Crippen LogP contribution in [0.2, 0.25) is 0 Å². The normalized spacial score (nSPS) is 11.0. The predicted molar refractivity (Wildman–Crippen MR) is 80.8 cm³/mol. The van der Waals surface area contributed by atoms with Gasteiger partial charge in [0.25, 0.3) is 0 Å². The van der Waals surface area contributed by atoms with Crippen molar-refractivity contribution < 1.29 is 9.53 Å². The maximum Gasteiger partial charge on any atom is 0.132 e. The molecule has 0 aliphatic carbocycles. The summed E-state index contributed by atoms with van der Waals surface area (Å²) < 4.78 is 7.52. The highest BCUT2D eigenvalue weighted by Gasteiger charge is 2.13. The van der Waals surface area contributed by atoms with Crippen LogP contribution in [0.5, 0.6) is 0 Å². The Bertz CT molecular complexity index is 605. The molecule has 21 heavy (non-hydrogen) atoms. The summed E-state index contributed by atoms with van der Waals surface area (Å²) in [6, 6.07) is 6.11. The van der Waals surface area contributed by atoms with Crippen molar-refractivity contribution in [1.29, 1.82) is 0 Å². The monoisotopic (exact) mass is 287 g/mol. The van der Waals surface area contributed by atoms with Gasteiger partial charge in [-0.3, -0.25) is 14.5 Å². The highest BCUT2D eigenvalue weighted by Crippen LogP contribution is 2.24. The lowest BCUT2D eigenvalue weighted by Gasteiger charge is -2.13. The number of Topliss-reactive ketones (excluding diaryl/α,β-unsaturated/α-hetero) is 1. The van der Waals surface area contributed by atoms with E-state index in [-0.39, 0.29) is 11.8 Å². The van der Waals surface area contributed by atoms with Crippen LogP contribution in [0.4, 0.5) is 0 Å². The van der Waals surface area contributed by atoms with E-state index in [1.54, 1.807) is 19.3 Å². The van der Waals surface area contributed by atoms with Crippen molar-refractivity contribution >= 4 is 5.78 Å². The van der Waals surface area contributed by atoms with Crippen LogP contribution in [-0.4, -0.2) is 27.2 Å². The molecule has 0 bridgehead atoms. The van der Waals surface area contributed by atoms with Crippen LogP contribution >= 0.6 is 0 Å². The minimum Gasteiger partial charge on any atom is -0.376 e. The van der Waals surface area contributed by atoms with Crippen LogP contribution in [0.1, 0.15) is 38.8 Å². The number of rotatable bonds is 7. The van der Waals surface area contributed by atoms with Gasteiger partial charge in [0.15, 0.2) is 0 Å². The molecule has 0 saturated carbocycles. The summed E-state index contributed by atoms with van der Waals surface area (Å²) in [7, 11) is 0. The third-order valence-electron chi connectivity index (χ3n) is 3.15. The van der Waals surface area contributed by atoms with Crippen molar-refractivity contribution in [3.8, 4) is 11.4 Å². The Kier molecular flexibility index (Phi) is 5.22. The van der Waals surface area contributed by atoms with Gasteiger partial charge in [0.2, 0.25) is 0 Å². The average molecular weight is 287 g/mol. The van der Waals surface area contributed by atoms with E-state index >= 15 is 0 Å². The van der Waals surface area contributed by atoms with Crippen molar-refractivity contribution in [3.05, 3.63) is 36.2 Å². The number of aromatic nitrogens is 3. The molecule has 0 aliphatic rings. The Morgan fingerprint density at radius 3 is 2.86 bits per heavy atom. The largest absolute Gasteiger partial charge is 0.376 e. The molecule has 2 aromatic rings. The van der Waals surface area contributed by atoms with Gasteiger partial charge in [-0.2, -0.15) is 5.10 Å². The maximum absolute atomic E-state index is 10.9. The molecule has 0 N–H and O–H groups in total. The van der Waals surface area contributed by atoms with Crippen molar-refractivity contribution in [2.75, 3.05) is 6.61 Å². The highest BCUT2D eigenvalue weighted by molar-refractivity contribution is 5.75. The number of carbonyl (C=O) groups is 1. The van der Waals surface area contributed by atoms with E-state index in [2.05, 4.69) is 23.9 Å². The SMILES string of the molecule is CC(=O)CCOCc1cccnc1-c1ccnn1C(C)C. The van der Waals surface area contributed by atoms with Gasteiger partial charge < -0.3 is 4.74 Å². The van der Waals surface area contributed by atoms with E-state index in [1.165, 1.54) is 0 Å². The topological polar surface area (TPSA) is 57.0 Å². The molecule has 0 spiro atoms. The Morgan fingerprint density at radius 2 is 2.14 bits per heavy atom. The van der Waals surface area contributed by atoms with Gasteiger partial charge >= 0.3 is 0 Å². The lowest BCUT2D eigenvalue weighted by atomic mass is 10.1. The number of hydrogen-bond acceptors (Lipinski definition) is 4. The van der Waals surface area contributed by atoms with Gasteiger partial charge in [-0.25, -0.2) is 0 Å². The van der Waals surface area contributed by atoms with Gasteiger partial charge in [0.05, 0.1) is 24.6 Å². The number of hydrogen-bond donors (Lipinski definition) is 0. The van der Waals surface area contributed by atoms with Gasteiger partial charge in [-0.15, -0.1) is 0 Å². The minimum atomic E-state index is 0.138. The molecule has 0 saturated heterocycles. The van der Waals surface area contributed by atoms with Crippen LogP contribution in [0, 0.1) is 0 Å². The first-order valence-corrected chi connectivity index (χ1v) is 7.14. The predicted octanol–water partition coefficient (Wildman–Crippen LogP) is 3.02. The summed E-state index contributed by atoms with van der Waals surface area (Å²) in [6.07, 6.45) is 4.00. The smallest absolute Gasteiger partial charge is 0.132 e. The molecule has 0 radical (unpaired) electrons. The van der Waals surface area contributed by atoms with Crippen molar-refractivity contribution in [2.45, 2.75) is 39.8 Å². The maximum atomic E-state index is 10.9. The molecule has 0 atom stereocenters. The molecule has 0 aliphatic heterocycles. The van der Waals surface area contributed by atoms with Gasteiger partial charge in [-0.05, 0) is 32.9 Å². The molecule has 2 aromatic heterocycles. The molecular formula is C16H21N3O2. The summed E-state index contributed by atoms with van der Waals surface area (Å²) in [4.78, 5) is 15.4. The standard InChI is InChI=1S/C16H21N3O2/c1-12(2)19-15(6-9-18-19)16-14(5-4-8-17-16)11-21-10-7-13(3)20/h4-6,8-9,12H,7,10-11H2,1-3H3. The summed E-state index contributed by atoms with van der Waals surface area (Å²) in [6.45, 7) is 6.62. The number of ether oxygens (including phenoxy) is 1. The van der Waals surface area contributed by atoms with E-state index in [4.69, 9.17) is 4.74 Å². The van der Waals surface area contributed by atoms with E-state index < -0.39 is 0 Å². The zero-order valence-electron chi connectivity index (χ0n) is 12.7. The third kappa shape index (κ3) is 3.98. The zero-order chi connectivity index (χ0) is 15.2. The van der Waals surface area contributed by atoms with E-state index in [1.807, 2.05) is 22.9 Å².